The minimum Gasteiger partial charge on any atom is -0.384 e. The molecule has 19 heavy (non-hydrogen) atoms. The lowest BCUT2D eigenvalue weighted by atomic mass is 9.92. The number of aromatic nitrogens is 2. The predicted octanol–water partition coefficient (Wildman–Crippen LogP) is 3.60. The van der Waals surface area contributed by atoms with Gasteiger partial charge in [0.25, 0.3) is 0 Å². The van der Waals surface area contributed by atoms with E-state index in [4.69, 9.17) is 17.3 Å². The number of nitrogens with zero attached hydrogens (tertiary/aromatic N) is 2. The van der Waals surface area contributed by atoms with Gasteiger partial charge in [0.15, 0.2) is 0 Å². The molecule has 0 amide bonds. The molecule has 0 saturated heterocycles. The van der Waals surface area contributed by atoms with Crippen molar-refractivity contribution in [2.45, 2.75) is 32.6 Å². The van der Waals surface area contributed by atoms with Crippen molar-refractivity contribution < 1.29 is 0 Å². The second kappa shape index (κ2) is 5.17. The van der Waals surface area contributed by atoms with Crippen LogP contribution in [-0.2, 0) is 11.8 Å². The van der Waals surface area contributed by atoms with Crippen LogP contribution in [0.3, 0.4) is 0 Å². The first-order valence-corrected chi connectivity index (χ1v) is 6.61. The largest absolute Gasteiger partial charge is 0.384 e. The zero-order chi connectivity index (χ0) is 14.0. The third-order valence-corrected chi connectivity index (χ3v) is 3.24. The van der Waals surface area contributed by atoms with Crippen molar-refractivity contribution in [1.82, 2.24) is 9.97 Å². The second-order valence-corrected chi connectivity index (χ2v) is 6.02. The van der Waals surface area contributed by atoms with Crippen LogP contribution in [0.1, 0.15) is 37.9 Å². The van der Waals surface area contributed by atoms with Crippen LogP contribution in [0.2, 0.25) is 5.02 Å². The SMILES string of the molecule is CC(C)(C)c1cc(N)nc(Cc2ccccc2Cl)n1. The topological polar surface area (TPSA) is 51.8 Å². The minimum absolute atomic E-state index is 0.0493. The Morgan fingerprint density at radius 1 is 1.16 bits per heavy atom. The van der Waals surface area contributed by atoms with Crippen LogP contribution < -0.4 is 5.73 Å². The van der Waals surface area contributed by atoms with E-state index < -0.39 is 0 Å². The van der Waals surface area contributed by atoms with Crippen molar-refractivity contribution in [2.24, 2.45) is 0 Å². The molecule has 100 valence electrons. The van der Waals surface area contributed by atoms with Crippen LogP contribution in [0.15, 0.2) is 30.3 Å². The van der Waals surface area contributed by atoms with Gasteiger partial charge in [-0.1, -0.05) is 50.6 Å². The molecule has 1 aromatic heterocycles. The van der Waals surface area contributed by atoms with Crippen LogP contribution in [-0.4, -0.2) is 9.97 Å². The van der Waals surface area contributed by atoms with Gasteiger partial charge in [-0.25, -0.2) is 9.97 Å². The monoisotopic (exact) mass is 275 g/mol. The smallest absolute Gasteiger partial charge is 0.135 e. The van der Waals surface area contributed by atoms with E-state index in [0.717, 1.165) is 16.3 Å². The molecule has 0 aliphatic carbocycles. The molecule has 0 atom stereocenters. The van der Waals surface area contributed by atoms with Gasteiger partial charge in [-0.15, -0.1) is 0 Å². The number of halogens is 1. The fraction of sp³-hybridized carbons (Fsp3) is 0.333. The molecule has 0 radical (unpaired) electrons. The maximum Gasteiger partial charge on any atom is 0.135 e. The van der Waals surface area contributed by atoms with Crippen molar-refractivity contribution in [3.05, 3.63) is 52.4 Å². The number of anilines is 1. The summed E-state index contributed by atoms with van der Waals surface area (Å²) in [7, 11) is 0. The lowest BCUT2D eigenvalue weighted by Gasteiger charge is -2.18. The molecule has 0 unspecified atom stereocenters. The van der Waals surface area contributed by atoms with E-state index in [0.29, 0.717) is 18.1 Å². The quantitative estimate of drug-likeness (QED) is 0.911. The normalized spacial score (nSPS) is 11.6. The summed E-state index contributed by atoms with van der Waals surface area (Å²) in [6.07, 6.45) is 0.591. The fourth-order valence-corrected chi connectivity index (χ4v) is 2.00. The average molecular weight is 276 g/mol. The summed E-state index contributed by atoms with van der Waals surface area (Å²) in [6.45, 7) is 6.32. The molecule has 0 aliphatic heterocycles. The summed E-state index contributed by atoms with van der Waals surface area (Å²) in [6, 6.07) is 9.54. The Kier molecular flexibility index (Phi) is 3.76. The van der Waals surface area contributed by atoms with Crippen LogP contribution in [0.5, 0.6) is 0 Å². The maximum absolute atomic E-state index is 6.16. The van der Waals surface area contributed by atoms with E-state index in [-0.39, 0.29) is 5.41 Å². The van der Waals surface area contributed by atoms with Crippen molar-refractivity contribution in [2.75, 3.05) is 5.73 Å². The maximum atomic E-state index is 6.16. The fourth-order valence-electron chi connectivity index (χ4n) is 1.79. The highest BCUT2D eigenvalue weighted by atomic mass is 35.5. The van der Waals surface area contributed by atoms with Gasteiger partial charge in [0.1, 0.15) is 11.6 Å². The van der Waals surface area contributed by atoms with Gasteiger partial charge < -0.3 is 5.73 Å². The zero-order valence-electron chi connectivity index (χ0n) is 11.4. The molecule has 0 aliphatic rings. The van der Waals surface area contributed by atoms with Gasteiger partial charge in [-0.2, -0.15) is 0 Å². The molecule has 3 nitrogen and oxygen atoms in total. The van der Waals surface area contributed by atoms with Crippen LogP contribution in [0.25, 0.3) is 0 Å². The Morgan fingerprint density at radius 3 is 2.47 bits per heavy atom. The van der Waals surface area contributed by atoms with E-state index in [1.807, 2.05) is 30.3 Å². The third kappa shape index (κ3) is 3.44. The zero-order valence-corrected chi connectivity index (χ0v) is 12.2. The number of nitrogen functional groups attached to an aromatic ring is 1. The van der Waals surface area contributed by atoms with Gasteiger partial charge in [0.05, 0.1) is 5.69 Å². The number of hydrogen-bond acceptors (Lipinski definition) is 3. The molecule has 2 rings (SSSR count). The van der Waals surface area contributed by atoms with E-state index in [1.165, 1.54) is 0 Å². The predicted molar refractivity (Wildman–Crippen MR) is 79.4 cm³/mol. The van der Waals surface area contributed by atoms with Gasteiger partial charge in [0, 0.05) is 22.9 Å². The molecule has 2 aromatic rings. The van der Waals surface area contributed by atoms with Gasteiger partial charge in [0.2, 0.25) is 0 Å². The highest BCUT2D eigenvalue weighted by molar-refractivity contribution is 6.31. The molecule has 2 N–H and O–H groups in total. The highest BCUT2D eigenvalue weighted by Crippen LogP contribution is 2.23. The summed E-state index contributed by atoms with van der Waals surface area (Å²) in [5.74, 6) is 1.21. The van der Waals surface area contributed by atoms with E-state index in [9.17, 15) is 0 Å². The van der Waals surface area contributed by atoms with Crippen LogP contribution in [0.4, 0.5) is 5.82 Å². The third-order valence-electron chi connectivity index (χ3n) is 2.87. The van der Waals surface area contributed by atoms with Crippen molar-refractivity contribution in [1.29, 1.82) is 0 Å². The number of hydrogen-bond donors (Lipinski definition) is 1. The summed E-state index contributed by atoms with van der Waals surface area (Å²) in [5.41, 5.74) is 7.77. The van der Waals surface area contributed by atoms with Gasteiger partial charge >= 0.3 is 0 Å². The molecule has 0 spiro atoms. The summed E-state index contributed by atoms with van der Waals surface area (Å²) in [5, 5.41) is 0.728. The molecule has 0 saturated carbocycles. The minimum atomic E-state index is -0.0493. The Hall–Kier alpha value is -1.61. The molecule has 1 aromatic carbocycles. The summed E-state index contributed by atoms with van der Waals surface area (Å²) >= 11 is 6.16. The Labute approximate surface area is 118 Å². The van der Waals surface area contributed by atoms with Crippen molar-refractivity contribution in [3.63, 3.8) is 0 Å². The van der Waals surface area contributed by atoms with Crippen molar-refractivity contribution >= 4 is 17.4 Å². The molecule has 0 bridgehead atoms. The van der Waals surface area contributed by atoms with Gasteiger partial charge in [-0.3, -0.25) is 0 Å². The van der Waals surface area contributed by atoms with Crippen molar-refractivity contribution in [3.8, 4) is 0 Å². The van der Waals surface area contributed by atoms with E-state index in [1.54, 1.807) is 0 Å². The number of nitrogens with two attached hydrogens (primary N) is 1. The first-order valence-electron chi connectivity index (χ1n) is 6.23. The van der Waals surface area contributed by atoms with Crippen LogP contribution >= 0.6 is 11.6 Å². The first-order chi connectivity index (χ1) is 8.86. The second-order valence-electron chi connectivity index (χ2n) is 5.61. The Morgan fingerprint density at radius 2 is 1.84 bits per heavy atom. The van der Waals surface area contributed by atoms with Crippen LogP contribution in [0, 0.1) is 0 Å². The molecule has 4 heteroatoms. The lowest BCUT2D eigenvalue weighted by molar-refractivity contribution is 0.563. The Bertz CT molecular complexity index is 588. The molecule has 0 fully saturated rings. The standard InChI is InChI=1S/C15H18ClN3/c1-15(2,3)12-9-13(17)19-14(18-12)8-10-6-4-5-7-11(10)16/h4-7,9H,8H2,1-3H3,(H2,17,18,19). The van der Waals surface area contributed by atoms with E-state index >= 15 is 0 Å². The average Bonchev–Trinajstić information content (AvgIpc) is 2.30. The number of rotatable bonds is 2. The highest BCUT2D eigenvalue weighted by Gasteiger charge is 2.17. The number of benzene rings is 1. The van der Waals surface area contributed by atoms with Gasteiger partial charge in [-0.05, 0) is 11.6 Å². The lowest BCUT2D eigenvalue weighted by Crippen LogP contribution is -2.16. The van der Waals surface area contributed by atoms with E-state index in [2.05, 4.69) is 30.7 Å². The molecular weight excluding hydrogens is 258 g/mol. The molecule has 1 heterocycles. The summed E-state index contributed by atoms with van der Waals surface area (Å²) in [4.78, 5) is 8.88. The Balaban J connectivity index is 2.36. The summed E-state index contributed by atoms with van der Waals surface area (Å²) < 4.78 is 0. The molecular formula is C15H18ClN3. The first kappa shape index (κ1) is 13.8.